The van der Waals surface area contributed by atoms with Crippen LogP contribution in [-0.2, 0) is 27.8 Å². The molecule has 0 spiro atoms. The highest BCUT2D eigenvalue weighted by atomic mass is 32.2. The maximum absolute atomic E-state index is 13.4. The molecule has 0 fully saturated rings. The summed E-state index contributed by atoms with van der Waals surface area (Å²) in [6.07, 6.45) is 0.640. The summed E-state index contributed by atoms with van der Waals surface area (Å²) >= 11 is 2.97. The first-order valence-electron chi connectivity index (χ1n) is 13.1. The van der Waals surface area contributed by atoms with Gasteiger partial charge in [-0.2, -0.15) is 14.8 Å². The van der Waals surface area contributed by atoms with E-state index in [9.17, 15) is 18.0 Å². The number of carbonyl (C=O) groups is 2. The molecular formula is C29H26N6O4S3. The highest BCUT2D eigenvalue weighted by molar-refractivity contribution is 7.89. The van der Waals surface area contributed by atoms with Crippen molar-refractivity contribution in [1.82, 2.24) is 14.2 Å². The molecule has 13 heteroatoms. The van der Waals surface area contributed by atoms with E-state index in [1.807, 2.05) is 36.4 Å². The maximum Gasteiger partial charge on any atom is 0.256 e. The Bertz CT molecular complexity index is 1800. The van der Waals surface area contributed by atoms with Gasteiger partial charge >= 0.3 is 0 Å². The molecule has 5 rings (SSSR count). The van der Waals surface area contributed by atoms with Crippen molar-refractivity contribution in [2.45, 2.75) is 37.6 Å². The van der Waals surface area contributed by atoms with Gasteiger partial charge in [0.05, 0.1) is 33.8 Å². The molecule has 2 amide bonds. The van der Waals surface area contributed by atoms with Crippen molar-refractivity contribution in [2.24, 2.45) is 0 Å². The van der Waals surface area contributed by atoms with E-state index in [0.29, 0.717) is 24.5 Å². The van der Waals surface area contributed by atoms with E-state index >= 15 is 0 Å². The summed E-state index contributed by atoms with van der Waals surface area (Å²) in [4.78, 5) is 33.1. The van der Waals surface area contributed by atoms with Crippen LogP contribution < -0.4 is 5.32 Å². The number of fused-ring (bicyclic) bond motifs is 2. The second-order valence-electron chi connectivity index (χ2n) is 9.58. The SMILES string of the molecule is CC(=O)N1CCc2c(sc(NC(=O)c3ccc(S(=O)(=O)N(CCC#N)CCC#N)cc3)c2-c2nc3ccccc3s2)C1. The minimum absolute atomic E-state index is 0.00287. The fourth-order valence-electron chi connectivity index (χ4n) is 4.77. The number of nitrogens with one attached hydrogen (secondary N) is 1. The Balaban J connectivity index is 1.44. The lowest BCUT2D eigenvalue weighted by Crippen LogP contribution is -2.33. The normalized spacial score (nSPS) is 13.0. The summed E-state index contributed by atoms with van der Waals surface area (Å²) in [6.45, 7) is 2.54. The minimum atomic E-state index is -3.95. The predicted molar refractivity (Wildman–Crippen MR) is 161 cm³/mol. The molecule has 0 unspecified atom stereocenters. The third-order valence-electron chi connectivity index (χ3n) is 6.94. The number of benzene rings is 2. The Hall–Kier alpha value is -4.14. The first kappa shape index (κ1) is 29.4. The molecule has 0 atom stereocenters. The fraction of sp³-hybridized carbons (Fsp3) is 0.276. The average Bonchev–Trinajstić information content (AvgIpc) is 3.57. The monoisotopic (exact) mass is 618 g/mol. The molecule has 42 heavy (non-hydrogen) atoms. The number of anilines is 1. The van der Waals surface area contributed by atoms with Crippen molar-refractivity contribution in [3.05, 3.63) is 64.5 Å². The van der Waals surface area contributed by atoms with E-state index in [1.54, 1.807) is 23.2 Å². The fourth-order valence-corrected chi connectivity index (χ4v) is 8.58. The third-order valence-corrected chi connectivity index (χ3v) is 11.0. The number of rotatable bonds is 9. The van der Waals surface area contributed by atoms with Crippen molar-refractivity contribution in [3.8, 4) is 22.7 Å². The average molecular weight is 619 g/mol. The number of amides is 2. The van der Waals surface area contributed by atoms with Gasteiger partial charge in [-0.1, -0.05) is 12.1 Å². The number of hydrogen-bond acceptors (Lipinski definition) is 9. The van der Waals surface area contributed by atoms with Crippen LogP contribution in [0.15, 0.2) is 53.4 Å². The molecule has 1 aliphatic heterocycles. The Labute approximate surface area is 251 Å². The topological polar surface area (TPSA) is 147 Å². The quantitative estimate of drug-likeness (QED) is 0.278. The first-order chi connectivity index (χ1) is 20.2. The Morgan fingerprint density at radius 3 is 2.38 bits per heavy atom. The third kappa shape index (κ3) is 5.91. The molecule has 3 heterocycles. The molecule has 4 aromatic rings. The van der Waals surface area contributed by atoms with Crippen LogP contribution in [0.4, 0.5) is 5.00 Å². The lowest BCUT2D eigenvalue weighted by Gasteiger charge is -2.26. The van der Waals surface area contributed by atoms with Gasteiger partial charge < -0.3 is 10.2 Å². The van der Waals surface area contributed by atoms with Crippen molar-refractivity contribution in [1.29, 1.82) is 10.5 Å². The number of nitrogens with zero attached hydrogens (tertiary/aromatic N) is 5. The Morgan fingerprint density at radius 2 is 1.74 bits per heavy atom. The zero-order chi connectivity index (χ0) is 29.9. The molecule has 0 saturated heterocycles. The van der Waals surface area contributed by atoms with Crippen molar-refractivity contribution < 1.29 is 18.0 Å². The van der Waals surface area contributed by atoms with E-state index in [-0.39, 0.29) is 42.3 Å². The first-order valence-corrected chi connectivity index (χ1v) is 16.2. The van der Waals surface area contributed by atoms with Gasteiger partial charge in [-0.25, -0.2) is 13.4 Å². The van der Waals surface area contributed by atoms with Crippen LogP contribution in [0.1, 0.15) is 40.6 Å². The van der Waals surface area contributed by atoms with Gasteiger partial charge in [-0.3, -0.25) is 9.59 Å². The molecule has 214 valence electrons. The zero-order valence-corrected chi connectivity index (χ0v) is 25.1. The number of para-hydroxylation sites is 1. The number of sulfonamides is 1. The van der Waals surface area contributed by atoms with E-state index in [0.717, 1.165) is 35.5 Å². The summed E-state index contributed by atoms with van der Waals surface area (Å²) in [5.41, 5.74) is 3.06. The molecule has 0 bridgehead atoms. The lowest BCUT2D eigenvalue weighted by molar-refractivity contribution is -0.129. The molecule has 0 saturated carbocycles. The molecule has 1 aliphatic rings. The van der Waals surface area contributed by atoms with Gasteiger partial charge in [0.2, 0.25) is 15.9 Å². The summed E-state index contributed by atoms with van der Waals surface area (Å²) < 4.78 is 28.4. The summed E-state index contributed by atoms with van der Waals surface area (Å²) in [6, 6.07) is 17.3. The molecule has 2 aromatic heterocycles. The van der Waals surface area contributed by atoms with E-state index in [4.69, 9.17) is 15.5 Å². The zero-order valence-electron chi connectivity index (χ0n) is 22.7. The van der Waals surface area contributed by atoms with Crippen molar-refractivity contribution >= 4 is 59.7 Å². The standard InChI is InChI=1S/C29H26N6O4S3/c1-19(36)34-17-12-22-25(18-34)41-29(26(22)28-32-23-6-2-3-7-24(23)40-28)33-27(37)20-8-10-21(11-9-20)42(38,39)35(15-4-13-30)16-5-14-31/h2-3,6-11H,4-5,12,15-18H2,1H3,(H,33,37). The minimum Gasteiger partial charge on any atom is -0.337 e. The lowest BCUT2D eigenvalue weighted by atomic mass is 10.0. The predicted octanol–water partition coefficient (Wildman–Crippen LogP) is 5.00. The van der Waals surface area contributed by atoms with E-state index in [2.05, 4.69) is 5.32 Å². The van der Waals surface area contributed by atoms with Crippen LogP contribution in [0, 0.1) is 22.7 Å². The largest absolute Gasteiger partial charge is 0.337 e. The van der Waals surface area contributed by atoms with E-state index in [1.165, 1.54) is 35.6 Å². The Kier molecular flexibility index (Phi) is 8.66. The van der Waals surface area contributed by atoms with Crippen LogP contribution in [0.25, 0.3) is 20.8 Å². The van der Waals surface area contributed by atoms with Crippen LogP contribution in [-0.4, -0.2) is 54.1 Å². The second kappa shape index (κ2) is 12.4. The number of thiophene rings is 1. The van der Waals surface area contributed by atoms with Crippen LogP contribution >= 0.6 is 22.7 Å². The number of hydrogen-bond donors (Lipinski definition) is 1. The van der Waals surface area contributed by atoms with Crippen LogP contribution in [0.5, 0.6) is 0 Å². The summed E-state index contributed by atoms with van der Waals surface area (Å²) in [5.74, 6) is -0.413. The van der Waals surface area contributed by atoms with Crippen LogP contribution in [0.3, 0.4) is 0 Å². The number of nitriles is 2. The summed E-state index contributed by atoms with van der Waals surface area (Å²) in [7, 11) is -3.95. The number of aromatic nitrogens is 1. The molecule has 0 aliphatic carbocycles. The smallest absolute Gasteiger partial charge is 0.256 e. The summed E-state index contributed by atoms with van der Waals surface area (Å²) in [5, 5.41) is 22.3. The molecule has 0 radical (unpaired) electrons. The van der Waals surface area contributed by atoms with Gasteiger partial charge in [0.15, 0.2) is 0 Å². The molecule has 10 nitrogen and oxygen atoms in total. The number of thiazole rings is 1. The molecule has 2 aromatic carbocycles. The van der Waals surface area contributed by atoms with Crippen LogP contribution in [0.2, 0.25) is 0 Å². The second-order valence-corrected chi connectivity index (χ2v) is 13.7. The van der Waals surface area contributed by atoms with E-state index < -0.39 is 15.9 Å². The Morgan fingerprint density at radius 1 is 1.05 bits per heavy atom. The maximum atomic E-state index is 13.4. The molecular weight excluding hydrogens is 593 g/mol. The van der Waals surface area contributed by atoms with Gasteiger partial charge in [-0.05, 0) is 48.4 Å². The van der Waals surface area contributed by atoms with Crippen molar-refractivity contribution in [3.63, 3.8) is 0 Å². The van der Waals surface area contributed by atoms with Crippen molar-refractivity contribution in [2.75, 3.05) is 25.0 Å². The number of carbonyl (C=O) groups excluding carboxylic acids is 2. The molecule has 1 N–H and O–H groups in total. The van der Waals surface area contributed by atoms with Gasteiger partial charge in [0, 0.05) is 55.4 Å². The van der Waals surface area contributed by atoms with Gasteiger partial charge in [-0.15, -0.1) is 22.7 Å². The highest BCUT2D eigenvalue weighted by Crippen LogP contribution is 2.45. The van der Waals surface area contributed by atoms with Gasteiger partial charge in [0.25, 0.3) is 5.91 Å². The highest BCUT2D eigenvalue weighted by Gasteiger charge is 2.29. The van der Waals surface area contributed by atoms with Gasteiger partial charge in [0.1, 0.15) is 10.0 Å².